The molecule has 2 aromatic carbocycles. The third kappa shape index (κ3) is 2.35. The number of hydrogen-bond acceptors (Lipinski definition) is 6. The van der Waals surface area contributed by atoms with Crippen LogP contribution in [-0.4, -0.2) is 12.6 Å². The summed E-state index contributed by atoms with van der Waals surface area (Å²) in [6.45, 7) is 2.05. The van der Waals surface area contributed by atoms with E-state index in [9.17, 15) is 9.59 Å². The smallest absolute Gasteiger partial charge is 0.339 e. The number of hydrogen-bond donors (Lipinski definition) is 0. The summed E-state index contributed by atoms with van der Waals surface area (Å²) >= 11 is 0. The molecule has 1 atom stereocenters. The number of Topliss-reactive ketones (excluding diaryl/α,β-unsaturated/α-hetero) is 1. The highest BCUT2D eigenvalue weighted by Crippen LogP contribution is 2.45. The molecule has 6 nitrogen and oxygen atoms in total. The van der Waals surface area contributed by atoms with Gasteiger partial charge in [-0.1, -0.05) is 6.07 Å². The Bertz CT molecular complexity index is 1270. The average Bonchev–Trinajstić information content (AvgIpc) is 3.36. The van der Waals surface area contributed by atoms with E-state index >= 15 is 0 Å². The summed E-state index contributed by atoms with van der Waals surface area (Å²) in [5.74, 6) is 1.93. The minimum Gasteiger partial charge on any atom is -0.484 e. The Balaban J connectivity index is 1.55. The number of benzene rings is 2. The minimum atomic E-state index is -0.432. The van der Waals surface area contributed by atoms with Crippen molar-refractivity contribution in [1.29, 1.82) is 0 Å². The molecule has 29 heavy (non-hydrogen) atoms. The molecule has 1 aromatic heterocycles. The lowest BCUT2D eigenvalue weighted by Crippen LogP contribution is -2.22. The van der Waals surface area contributed by atoms with E-state index in [0.717, 1.165) is 34.9 Å². The molecule has 6 heteroatoms. The van der Waals surface area contributed by atoms with E-state index in [1.165, 1.54) is 0 Å². The van der Waals surface area contributed by atoms with Gasteiger partial charge in [0, 0.05) is 5.56 Å². The molecule has 0 saturated heterocycles. The Morgan fingerprint density at radius 1 is 1.00 bits per heavy atom. The molecule has 0 amide bonds. The fraction of sp³-hybridized carbons (Fsp3) is 0.304. The van der Waals surface area contributed by atoms with E-state index in [1.807, 2.05) is 25.1 Å². The zero-order chi connectivity index (χ0) is 19.7. The quantitative estimate of drug-likeness (QED) is 0.584. The lowest BCUT2D eigenvalue weighted by Gasteiger charge is -2.28. The van der Waals surface area contributed by atoms with Crippen molar-refractivity contribution in [2.45, 2.75) is 38.7 Å². The van der Waals surface area contributed by atoms with Crippen LogP contribution in [0.3, 0.4) is 0 Å². The van der Waals surface area contributed by atoms with E-state index in [0.29, 0.717) is 40.4 Å². The molecule has 3 aromatic rings. The highest BCUT2D eigenvalue weighted by atomic mass is 16.7. The first-order valence-electron chi connectivity index (χ1n) is 9.81. The van der Waals surface area contributed by atoms with Gasteiger partial charge < -0.3 is 18.6 Å². The molecule has 146 valence electrons. The third-order valence-corrected chi connectivity index (χ3v) is 6.09. The van der Waals surface area contributed by atoms with Gasteiger partial charge in [0.15, 0.2) is 17.3 Å². The molecule has 0 saturated carbocycles. The summed E-state index contributed by atoms with van der Waals surface area (Å²) in [7, 11) is 0. The van der Waals surface area contributed by atoms with E-state index in [-0.39, 0.29) is 24.6 Å². The number of aryl methyl sites for hydroxylation is 2. The van der Waals surface area contributed by atoms with Crippen molar-refractivity contribution >= 4 is 16.8 Å². The van der Waals surface area contributed by atoms with Crippen LogP contribution in [-0.2, 0) is 12.8 Å². The van der Waals surface area contributed by atoms with Gasteiger partial charge >= 0.3 is 5.63 Å². The van der Waals surface area contributed by atoms with E-state index in [4.69, 9.17) is 18.6 Å². The van der Waals surface area contributed by atoms with Gasteiger partial charge in [0.2, 0.25) is 6.79 Å². The molecule has 3 heterocycles. The predicted octanol–water partition coefficient (Wildman–Crippen LogP) is 4.03. The van der Waals surface area contributed by atoms with Crippen LogP contribution in [0, 0.1) is 6.92 Å². The molecule has 2 aliphatic heterocycles. The van der Waals surface area contributed by atoms with Gasteiger partial charge in [-0.15, -0.1) is 0 Å². The molecule has 0 unspecified atom stereocenters. The zero-order valence-corrected chi connectivity index (χ0v) is 15.9. The topological polar surface area (TPSA) is 75.0 Å². The standard InChI is InChI=1S/C23H18O6/c1-11-7-19-21(13-3-2-4-14(13)23(25)29-19)22-20(11)15(24)9-17(28-22)12-5-6-16-18(8-12)27-10-26-16/h5-8,17H,2-4,9-10H2,1H3/t17-/m0/s1. The maximum atomic E-state index is 13.1. The van der Waals surface area contributed by atoms with Crippen molar-refractivity contribution in [1.82, 2.24) is 0 Å². The van der Waals surface area contributed by atoms with Gasteiger partial charge in [0.1, 0.15) is 17.4 Å². The normalized spacial score (nSPS) is 19.2. The Labute approximate surface area is 166 Å². The molecule has 0 radical (unpaired) electrons. The Hall–Kier alpha value is -3.28. The Morgan fingerprint density at radius 2 is 1.83 bits per heavy atom. The van der Waals surface area contributed by atoms with Gasteiger partial charge in [0.25, 0.3) is 0 Å². The Kier molecular flexibility index (Phi) is 3.37. The van der Waals surface area contributed by atoms with Crippen molar-refractivity contribution in [3.05, 3.63) is 62.5 Å². The number of fused-ring (bicyclic) bond motifs is 6. The molecule has 0 spiro atoms. The minimum absolute atomic E-state index is 0.0336. The summed E-state index contributed by atoms with van der Waals surface area (Å²) in [5.41, 5.74) is 4.11. The third-order valence-electron chi connectivity index (χ3n) is 6.09. The van der Waals surface area contributed by atoms with Crippen LogP contribution in [0.5, 0.6) is 17.2 Å². The second-order valence-corrected chi connectivity index (χ2v) is 7.82. The molecule has 0 bridgehead atoms. The van der Waals surface area contributed by atoms with Crippen LogP contribution in [0.4, 0.5) is 0 Å². The number of rotatable bonds is 1. The largest absolute Gasteiger partial charge is 0.484 e. The van der Waals surface area contributed by atoms with E-state index < -0.39 is 6.10 Å². The second-order valence-electron chi connectivity index (χ2n) is 7.82. The van der Waals surface area contributed by atoms with Crippen molar-refractivity contribution in [2.75, 3.05) is 6.79 Å². The number of ketones is 1. The van der Waals surface area contributed by atoms with E-state index in [1.54, 1.807) is 6.07 Å². The number of ether oxygens (including phenoxy) is 3. The SMILES string of the molecule is Cc1cc2oc(=O)c3c(c2c2c1C(=O)C[C@@H](c1ccc4c(c1)OCO4)O2)CCC3. The fourth-order valence-corrected chi connectivity index (χ4v) is 4.75. The van der Waals surface area contributed by atoms with Crippen LogP contribution in [0.2, 0.25) is 0 Å². The molecule has 0 fully saturated rings. The van der Waals surface area contributed by atoms with Gasteiger partial charge in [-0.2, -0.15) is 0 Å². The first kappa shape index (κ1) is 16.7. The molecule has 6 rings (SSSR count). The summed E-state index contributed by atoms with van der Waals surface area (Å²) in [5, 5.41) is 0.775. The van der Waals surface area contributed by atoms with Gasteiger partial charge in [-0.3, -0.25) is 4.79 Å². The maximum absolute atomic E-state index is 13.1. The molecule has 0 N–H and O–H groups in total. The zero-order valence-electron chi connectivity index (χ0n) is 15.9. The lowest BCUT2D eigenvalue weighted by atomic mass is 9.90. The summed E-state index contributed by atoms with van der Waals surface area (Å²) in [4.78, 5) is 25.5. The molecule has 3 aliphatic rings. The lowest BCUT2D eigenvalue weighted by molar-refractivity contribution is 0.0852. The van der Waals surface area contributed by atoms with Crippen LogP contribution in [0.1, 0.15) is 51.6 Å². The van der Waals surface area contributed by atoms with Crippen LogP contribution < -0.4 is 19.8 Å². The molecular formula is C23H18O6. The van der Waals surface area contributed by atoms with Crippen molar-refractivity contribution in [3.63, 3.8) is 0 Å². The molecular weight excluding hydrogens is 372 g/mol. The van der Waals surface area contributed by atoms with Crippen molar-refractivity contribution < 1.29 is 23.4 Å². The van der Waals surface area contributed by atoms with Gasteiger partial charge in [-0.05, 0) is 61.1 Å². The van der Waals surface area contributed by atoms with E-state index in [2.05, 4.69) is 0 Å². The fourth-order valence-electron chi connectivity index (χ4n) is 4.75. The van der Waals surface area contributed by atoms with Crippen LogP contribution in [0.25, 0.3) is 11.0 Å². The predicted molar refractivity (Wildman–Crippen MR) is 104 cm³/mol. The number of carbonyl (C=O) groups excluding carboxylic acids is 1. The first-order valence-corrected chi connectivity index (χ1v) is 9.81. The van der Waals surface area contributed by atoms with Crippen LogP contribution >= 0.6 is 0 Å². The monoisotopic (exact) mass is 390 g/mol. The van der Waals surface area contributed by atoms with Crippen molar-refractivity contribution in [2.24, 2.45) is 0 Å². The highest BCUT2D eigenvalue weighted by molar-refractivity contribution is 6.07. The summed E-state index contributed by atoms with van der Waals surface area (Å²) < 4.78 is 22.9. The first-order chi connectivity index (χ1) is 14.1. The highest BCUT2D eigenvalue weighted by Gasteiger charge is 2.34. The summed E-state index contributed by atoms with van der Waals surface area (Å²) in [6.07, 6.45) is 2.22. The Morgan fingerprint density at radius 3 is 2.72 bits per heavy atom. The van der Waals surface area contributed by atoms with Gasteiger partial charge in [0.05, 0.1) is 17.4 Å². The van der Waals surface area contributed by atoms with Crippen molar-refractivity contribution in [3.8, 4) is 17.2 Å². The summed E-state index contributed by atoms with van der Waals surface area (Å²) in [6, 6.07) is 7.40. The van der Waals surface area contributed by atoms with Gasteiger partial charge in [-0.25, -0.2) is 4.79 Å². The van der Waals surface area contributed by atoms with Crippen LogP contribution in [0.15, 0.2) is 33.5 Å². The number of carbonyl (C=O) groups is 1. The average molecular weight is 390 g/mol. The molecule has 1 aliphatic carbocycles. The maximum Gasteiger partial charge on any atom is 0.339 e. The second kappa shape index (κ2) is 5.86.